The molecular weight excluding hydrogens is 220 g/mol. The lowest BCUT2D eigenvalue weighted by molar-refractivity contribution is 0.0760. The maximum Gasteiger partial charge on any atom is 0.121 e. The highest BCUT2D eigenvalue weighted by Gasteiger charge is 2.19. The van der Waals surface area contributed by atoms with Gasteiger partial charge in [-0.25, -0.2) is 4.98 Å². The van der Waals surface area contributed by atoms with E-state index in [1.54, 1.807) is 11.3 Å². The highest BCUT2D eigenvalue weighted by atomic mass is 32.1. The summed E-state index contributed by atoms with van der Waals surface area (Å²) in [6, 6.07) is 0. The summed E-state index contributed by atoms with van der Waals surface area (Å²) in [5.41, 5.74) is 6.90. The third-order valence-electron chi connectivity index (χ3n) is 2.74. The van der Waals surface area contributed by atoms with Crippen molar-refractivity contribution in [2.24, 2.45) is 11.7 Å². The van der Waals surface area contributed by atoms with Crippen molar-refractivity contribution in [1.82, 2.24) is 4.98 Å². The van der Waals surface area contributed by atoms with Gasteiger partial charge in [0.15, 0.2) is 0 Å². The second-order valence-electron chi connectivity index (χ2n) is 4.29. The predicted octanol–water partition coefficient (Wildman–Crippen LogP) is 2.94. The lowest BCUT2D eigenvalue weighted by Crippen LogP contribution is -2.18. The first-order chi connectivity index (χ1) is 7.60. The van der Waals surface area contributed by atoms with Crippen LogP contribution in [-0.4, -0.2) is 18.1 Å². The van der Waals surface area contributed by atoms with E-state index in [0.717, 1.165) is 17.3 Å². The third kappa shape index (κ3) is 3.27. The molecule has 0 bridgehead atoms. The van der Waals surface area contributed by atoms with Crippen LogP contribution in [0.3, 0.4) is 0 Å². The molecule has 0 radical (unpaired) electrons. The Balaban J connectivity index is 2.77. The molecule has 0 aliphatic heterocycles. The molecule has 2 atom stereocenters. The number of rotatable bonds is 6. The predicted molar refractivity (Wildman–Crippen MR) is 68.8 cm³/mol. The van der Waals surface area contributed by atoms with Crippen molar-refractivity contribution >= 4 is 11.3 Å². The van der Waals surface area contributed by atoms with Crippen molar-refractivity contribution in [3.63, 3.8) is 0 Å². The Morgan fingerprint density at radius 2 is 2.12 bits per heavy atom. The average Bonchev–Trinajstić information content (AvgIpc) is 2.68. The van der Waals surface area contributed by atoms with Crippen LogP contribution in [0.15, 0.2) is 5.38 Å². The molecule has 1 aromatic rings. The summed E-state index contributed by atoms with van der Waals surface area (Å²) in [5, 5.41) is 3.17. The molecule has 0 aromatic carbocycles. The van der Waals surface area contributed by atoms with Gasteiger partial charge in [-0.1, -0.05) is 13.8 Å². The highest BCUT2D eigenvalue weighted by Crippen LogP contribution is 2.28. The van der Waals surface area contributed by atoms with Crippen LogP contribution in [0.4, 0.5) is 0 Å². The molecule has 0 aliphatic carbocycles. The highest BCUT2D eigenvalue weighted by molar-refractivity contribution is 7.09. The SMILES string of the molecule is CCOC(C)c1nc(C(CN)C(C)C)cs1. The number of nitrogens with two attached hydrogens (primary N) is 1. The van der Waals surface area contributed by atoms with E-state index in [1.165, 1.54) is 0 Å². The molecule has 3 nitrogen and oxygen atoms in total. The van der Waals surface area contributed by atoms with E-state index in [1.807, 2.05) is 13.8 Å². The minimum atomic E-state index is 0.0920. The summed E-state index contributed by atoms with van der Waals surface area (Å²) in [7, 11) is 0. The van der Waals surface area contributed by atoms with Crippen molar-refractivity contribution < 1.29 is 4.74 Å². The van der Waals surface area contributed by atoms with E-state index in [-0.39, 0.29) is 6.10 Å². The Kier molecular flexibility index (Phi) is 5.38. The molecule has 2 unspecified atom stereocenters. The van der Waals surface area contributed by atoms with Gasteiger partial charge in [0.25, 0.3) is 0 Å². The summed E-state index contributed by atoms with van der Waals surface area (Å²) < 4.78 is 5.53. The van der Waals surface area contributed by atoms with E-state index >= 15 is 0 Å². The quantitative estimate of drug-likeness (QED) is 0.834. The third-order valence-corrected chi connectivity index (χ3v) is 3.77. The van der Waals surface area contributed by atoms with Gasteiger partial charge in [0.1, 0.15) is 11.1 Å². The number of hydrogen-bond donors (Lipinski definition) is 1. The standard InChI is InChI=1S/C12H22N2OS/c1-5-15-9(4)12-14-11(7-16-12)10(6-13)8(2)3/h7-10H,5-6,13H2,1-4H3. The van der Waals surface area contributed by atoms with Crippen LogP contribution in [0.25, 0.3) is 0 Å². The second kappa shape index (κ2) is 6.33. The first kappa shape index (κ1) is 13.6. The van der Waals surface area contributed by atoms with Crippen LogP contribution in [0.5, 0.6) is 0 Å². The normalized spacial score (nSPS) is 15.4. The molecule has 1 aromatic heterocycles. The fraction of sp³-hybridized carbons (Fsp3) is 0.750. The molecule has 0 spiro atoms. The van der Waals surface area contributed by atoms with Crippen molar-refractivity contribution in [3.05, 3.63) is 16.1 Å². The first-order valence-corrected chi connectivity index (χ1v) is 6.75. The van der Waals surface area contributed by atoms with E-state index in [2.05, 4.69) is 24.2 Å². The minimum Gasteiger partial charge on any atom is -0.372 e. The monoisotopic (exact) mass is 242 g/mol. The fourth-order valence-corrected chi connectivity index (χ4v) is 2.60. The number of thiazole rings is 1. The summed E-state index contributed by atoms with van der Waals surface area (Å²) in [6.07, 6.45) is 0.0920. The molecule has 16 heavy (non-hydrogen) atoms. The van der Waals surface area contributed by atoms with Gasteiger partial charge in [-0.3, -0.25) is 0 Å². The molecule has 1 heterocycles. The van der Waals surface area contributed by atoms with Gasteiger partial charge < -0.3 is 10.5 Å². The van der Waals surface area contributed by atoms with Gasteiger partial charge in [-0.05, 0) is 19.8 Å². The maximum atomic E-state index is 5.78. The molecule has 4 heteroatoms. The molecule has 1 rings (SSSR count). The summed E-state index contributed by atoms with van der Waals surface area (Å²) in [4.78, 5) is 4.63. The maximum absolute atomic E-state index is 5.78. The van der Waals surface area contributed by atoms with Gasteiger partial charge in [-0.15, -0.1) is 11.3 Å². The van der Waals surface area contributed by atoms with Crippen LogP contribution in [0.1, 0.15) is 50.4 Å². The smallest absolute Gasteiger partial charge is 0.121 e. The minimum absolute atomic E-state index is 0.0920. The molecule has 0 saturated heterocycles. The lowest BCUT2D eigenvalue weighted by Gasteiger charge is -2.16. The summed E-state index contributed by atoms with van der Waals surface area (Å²) in [6.45, 7) is 9.79. The lowest BCUT2D eigenvalue weighted by atomic mass is 9.93. The number of nitrogens with zero attached hydrogens (tertiary/aromatic N) is 1. The molecule has 0 fully saturated rings. The zero-order chi connectivity index (χ0) is 12.1. The van der Waals surface area contributed by atoms with Crippen LogP contribution in [0, 0.1) is 5.92 Å². The van der Waals surface area contributed by atoms with Gasteiger partial charge in [0.2, 0.25) is 0 Å². The zero-order valence-corrected chi connectivity index (χ0v) is 11.4. The summed E-state index contributed by atoms with van der Waals surface area (Å²) in [5.74, 6) is 0.890. The fourth-order valence-electron chi connectivity index (χ4n) is 1.71. The van der Waals surface area contributed by atoms with Crippen molar-refractivity contribution in [3.8, 4) is 0 Å². The molecule has 2 N–H and O–H groups in total. The first-order valence-electron chi connectivity index (χ1n) is 5.87. The second-order valence-corrected chi connectivity index (χ2v) is 5.18. The zero-order valence-electron chi connectivity index (χ0n) is 10.6. The largest absolute Gasteiger partial charge is 0.372 e. The number of ether oxygens (including phenoxy) is 1. The molecule has 0 amide bonds. The molecular formula is C12H22N2OS. The van der Waals surface area contributed by atoms with E-state index in [9.17, 15) is 0 Å². The number of hydrogen-bond acceptors (Lipinski definition) is 4. The molecule has 92 valence electrons. The van der Waals surface area contributed by atoms with Crippen LogP contribution < -0.4 is 5.73 Å². The molecule has 0 saturated carbocycles. The Morgan fingerprint density at radius 3 is 2.62 bits per heavy atom. The topological polar surface area (TPSA) is 48.1 Å². The van der Waals surface area contributed by atoms with Gasteiger partial charge >= 0.3 is 0 Å². The van der Waals surface area contributed by atoms with E-state index < -0.39 is 0 Å². The van der Waals surface area contributed by atoms with Crippen molar-refractivity contribution in [2.45, 2.75) is 39.7 Å². The number of aromatic nitrogens is 1. The van der Waals surface area contributed by atoms with E-state index in [0.29, 0.717) is 18.4 Å². The van der Waals surface area contributed by atoms with Crippen molar-refractivity contribution in [1.29, 1.82) is 0 Å². The Labute approximate surface area is 102 Å². The van der Waals surface area contributed by atoms with Crippen LogP contribution in [0.2, 0.25) is 0 Å². The van der Waals surface area contributed by atoms with E-state index in [4.69, 9.17) is 10.5 Å². The van der Waals surface area contributed by atoms with Crippen LogP contribution >= 0.6 is 11.3 Å². The van der Waals surface area contributed by atoms with Gasteiger partial charge in [0, 0.05) is 24.4 Å². The van der Waals surface area contributed by atoms with Crippen molar-refractivity contribution in [2.75, 3.05) is 13.2 Å². The van der Waals surface area contributed by atoms with Crippen LogP contribution in [-0.2, 0) is 4.74 Å². The molecule has 0 aliphatic rings. The van der Waals surface area contributed by atoms with Gasteiger partial charge in [0.05, 0.1) is 5.69 Å². The Hall–Kier alpha value is -0.450. The average molecular weight is 242 g/mol. The Bertz CT molecular complexity index is 312. The Morgan fingerprint density at radius 1 is 1.44 bits per heavy atom. The van der Waals surface area contributed by atoms with Gasteiger partial charge in [-0.2, -0.15) is 0 Å². The summed E-state index contributed by atoms with van der Waals surface area (Å²) >= 11 is 1.67.